The second-order valence-electron chi connectivity index (χ2n) is 4.77. The molecule has 0 spiro atoms. The average Bonchev–Trinajstić information content (AvgIpc) is 2.86. The van der Waals surface area contributed by atoms with Gasteiger partial charge in [0.15, 0.2) is 0 Å². The first-order valence-corrected chi connectivity index (χ1v) is 6.70. The van der Waals surface area contributed by atoms with E-state index in [-0.39, 0.29) is 18.4 Å². The number of aliphatic hydroxyl groups is 1. The molecule has 18 heavy (non-hydrogen) atoms. The molecular weight excluding hydrogens is 250 g/mol. The van der Waals surface area contributed by atoms with Crippen molar-refractivity contribution < 1.29 is 9.90 Å². The number of halogens is 1. The predicted molar refractivity (Wildman–Crippen MR) is 71.5 cm³/mol. The van der Waals surface area contributed by atoms with Crippen LogP contribution in [0.3, 0.4) is 0 Å². The number of likely N-dealkylation sites (tertiary alicyclic amines) is 1. The second kappa shape index (κ2) is 6.21. The lowest BCUT2D eigenvalue weighted by Crippen LogP contribution is -2.29. The fraction of sp³-hybridized carbons (Fsp3) is 0.500. The Bertz CT molecular complexity index is 422. The van der Waals surface area contributed by atoms with Crippen molar-refractivity contribution in [1.82, 2.24) is 4.90 Å². The van der Waals surface area contributed by atoms with Crippen molar-refractivity contribution >= 4 is 17.5 Å². The van der Waals surface area contributed by atoms with Gasteiger partial charge in [-0.05, 0) is 24.5 Å². The lowest BCUT2D eigenvalue weighted by molar-refractivity contribution is -0.130. The summed E-state index contributed by atoms with van der Waals surface area (Å²) in [7, 11) is 0. The maximum absolute atomic E-state index is 12.0. The summed E-state index contributed by atoms with van der Waals surface area (Å²) in [6.07, 6.45) is 2.08. The smallest absolute Gasteiger partial charge is 0.222 e. The van der Waals surface area contributed by atoms with Crippen molar-refractivity contribution in [3.63, 3.8) is 0 Å². The van der Waals surface area contributed by atoms with Crippen LogP contribution < -0.4 is 0 Å². The van der Waals surface area contributed by atoms with E-state index in [1.54, 1.807) is 0 Å². The minimum absolute atomic E-state index is 0.158. The van der Waals surface area contributed by atoms with E-state index in [0.29, 0.717) is 19.4 Å². The minimum atomic E-state index is 0.158. The summed E-state index contributed by atoms with van der Waals surface area (Å²) < 4.78 is 0. The minimum Gasteiger partial charge on any atom is -0.396 e. The highest BCUT2D eigenvalue weighted by molar-refractivity contribution is 6.31. The Balaban J connectivity index is 1.84. The standard InChI is InChI=1S/C14H18ClNO2/c15-13-4-2-1-3-12(13)5-6-14(18)16-8-7-11(9-16)10-17/h1-4,11,17H,5-10H2. The Morgan fingerprint density at radius 3 is 2.89 bits per heavy atom. The largest absolute Gasteiger partial charge is 0.396 e. The van der Waals surface area contributed by atoms with Crippen LogP contribution >= 0.6 is 11.6 Å². The normalized spacial score (nSPS) is 19.2. The molecule has 0 aliphatic carbocycles. The molecule has 0 radical (unpaired) electrons. The van der Waals surface area contributed by atoms with Crippen molar-refractivity contribution in [2.45, 2.75) is 19.3 Å². The summed E-state index contributed by atoms with van der Waals surface area (Å²) in [6, 6.07) is 7.62. The molecule has 1 aliphatic heterocycles. The molecule has 2 rings (SSSR count). The zero-order chi connectivity index (χ0) is 13.0. The number of hydrogen-bond acceptors (Lipinski definition) is 2. The first kappa shape index (κ1) is 13.4. The highest BCUT2D eigenvalue weighted by Gasteiger charge is 2.25. The van der Waals surface area contributed by atoms with Gasteiger partial charge in [-0.1, -0.05) is 29.8 Å². The van der Waals surface area contributed by atoms with Gasteiger partial charge in [0.05, 0.1) is 0 Å². The summed E-state index contributed by atoms with van der Waals surface area (Å²) in [5, 5.41) is 9.78. The van der Waals surface area contributed by atoms with Crippen LogP contribution in [0, 0.1) is 5.92 Å². The molecule has 1 unspecified atom stereocenters. The molecule has 1 aromatic carbocycles. The van der Waals surface area contributed by atoms with E-state index >= 15 is 0 Å². The van der Waals surface area contributed by atoms with Gasteiger partial charge in [0, 0.05) is 37.1 Å². The van der Waals surface area contributed by atoms with Crippen LogP contribution in [-0.2, 0) is 11.2 Å². The number of aryl methyl sites for hydroxylation is 1. The lowest BCUT2D eigenvalue weighted by atomic mass is 10.1. The van der Waals surface area contributed by atoms with Crippen LogP contribution in [0.15, 0.2) is 24.3 Å². The van der Waals surface area contributed by atoms with Crippen molar-refractivity contribution in [3.8, 4) is 0 Å². The number of aliphatic hydroxyl groups excluding tert-OH is 1. The molecule has 1 amide bonds. The van der Waals surface area contributed by atoms with E-state index in [4.69, 9.17) is 16.7 Å². The number of benzene rings is 1. The predicted octanol–water partition coefficient (Wildman–Crippen LogP) is 2.11. The molecule has 0 aromatic heterocycles. The second-order valence-corrected chi connectivity index (χ2v) is 5.18. The maximum atomic E-state index is 12.0. The summed E-state index contributed by atoms with van der Waals surface area (Å²) in [5.74, 6) is 0.417. The molecule has 1 atom stereocenters. The van der Waals surface area contributed by atoms with E-state index < -0.39 is 0 Å². The molecule has 1 N–H and O–H groups in total. The number of carbonyl (C=O) groups is 1. The van der Waals surface area contributed by atoms with Gasteiger partial charge in [-0.2, -0.15) is 0 Å². The molecule has 1 heterocycles. The summed E-state index contributed by atoms with van der Waals surface area (Å²) in [5.41, 5.74) is 1.02. The highest BCUT2D eigenvalue weighted by atomic mass is 35.5. The third-order valence-corrected chi connectivity index (χ3v) is 3.83. The zero-order valence-electron chi connectivity index (χ0n) is 10.3. The molecule has 4 heteroatoms. The maximum Gasteiger partial charge on any atom is 0.222 e. The van der Waals surface area contributed by atoms with E-state index in [1.165, 1.54) is 0 Å². The number of nitrogens with zero attached hydrogens (tertiary/aromatic N) is 1. The lowest BCUT2D eigenvalue weighted by Gasteiger charge is -2.16. The van der Waals surface area contributed by atoms with Gasteiger partial charge < -0.3 is 10.0 Å². The Labute approximate surface area is 112 Å². The summed E-state index contributed by atoms with van der Waals surface area (Å²) in [4.78, 5) is 13.8. The van der Waals surface area contributed by atoms with E-state index in [0.717, 1.165) is 23.6 Å². The van der Waals surface area contributed by atoms with E-state index in [9.17, 15) is 4.79 Å². The highest BCUT2D eigenvalue weighted by Crippen LogP contribution is 2.19. The fourth-order valence-electron chi connectivity index (χ4n) is 2.31. The molecule has 1 aromatic rings. The van der Waals surface area contributed by atoms with Gasteiger partial charge in [-0.25, -0.2) is 0 Å². The van der Waals surface area contributed by atoms with Crippen LogP contribution in [0.25, 0.3) is 0 Å². The molecule has 1 fully saturated rings. The van der Waals surface area contributed by atoms with Crippen molar-refractivity contribution in [2.75, 3.05) is 19.7 Å². The van der Waals surface area contributed by atoms with Gasteiger partial charge in [0.1, 0.15) is 0 Å². The van der Waals surface area contributed by atoms with E-state index in [1.807, 2.05) is 29.2 Å². The Morgan fingerprint density at radius 2 is 2.22 bits per heavy atom. The van der Waals surface area contributed by atoms with Gasteiger partial charge in [0.2, 0.25) is 5.91 Å². The molecule has 1 saturated heterocycles. The van der Waals surface area contributed by atoms with Gasteiger partial charge in [-0.3, -0.25) is 4.79 Å². The Morgan fingerprint density at radius 1 is 1.44 bits per heavy atom. The van der Waals surface area contributed by atoms with Crippen molar-refractivity contribution in [3.05, 3.63) is 34.9 Å². The Hall–Kier alpha value is -1.06. The first-order chi connectivity index (χ1) is 8.70. The number of rotatable bonds is 4. The molecule has 3 nitrogen and oxygen atoms in total. The van der Waals surface area contributed by atoms with Crippen molar-refractivity contribution in [1.29, 1.82) is 0 Å². The first-order valence-electron chi connectivity index (χ1n) is 6.32. The molecule has 0 bridgehead atoms. The van der Waals surface area contributed by atoms with Crippen molar-refractivity contribution in [2.24, 2.45) is 5.92 Å². The number of amides is 1. The summed E-state index contributed by atoms with van der Waals surface area (Å²) in [6.45, 7) is 1.64. The van der Waals surface area contributed by atoms with Crippen LogP contribution in [0.5, 0.6) is 0 Å². The number of hydrogen-bond donors (Lipinski definition) is 1. The number of carbonyl (C=O) groups excluding carboxylic acids is 1. The van der Waals surface area contributed by atoms with Crippen LogP contribution in [0.2, 0.25) is 5.02 Å². The van der Waals surface area contributed by atoms with Gasteiger partial charge in [0.25, 0.3) is 0 Å². The molecular formula is C14H18ClNO2. The molecule has 1 aliphatic rings. The monoisotopic (exact) mass is 267 g/mol. The third kappa shape index (κ3) is 3.24. The van der Waals surface area contributed by atoms with Crippen LogP contribution in [0.1, 0.15) is 18.4 Å². The van der Waals surface area contributed by atoms with Crippen LogP contribution in [-0.4, -0.2) is 35.6 Å². The van der Waals surface area contributed by atoms with Gasteiger partial charge >= 0.3 is 0 Å². The SMILES string of the molecule is O=C(CCc1ccccc1Cl)N1CCC(CO)C1. The third-order valence-electron chi connectivity index (χ3n) is 3.46. The Kier molecular flexibility index (Phi) is 4.61. The van der Waals surface area contributed by atoms with Crippen LogP contribution in [0.4, 0.5) is 0 Å². The quantitative estimate of drug-likeness (QED) is 0.908. The molecule has 98 valence electrons. The summed E-state index contributed by atoms with van der Waals surface area (Å²) >= 11 is 6.06. The van der Waals surface area contributed by atoms with E-state index in [2.05, 4.69) is 0 Å². The topological polar surface area (TPSA) is 40.5 Å². The fourth-order valence-corrected chi connectivity index (χ4v) is 2.54. The zero-order valence-corrected chi connectivity index (χ0v) is 11.1. The van der Waals surface area contributed by atoms with Gasteiger partial charge in [-0.15, -0.1) is 0 Å². The molecule has 0 saturated carbocycles. The average molecular weight is 268 g/mol.